The molecule has 0 aliphatic carbocycles. The van der Waals surface area contributed by atoms with E-state index in [9.17, 15) is 0 Å². The molecule has 0 saturated heterocycles. The lowest BCUT2D eigenvalue weighted by Crippen LogP contribution is -2.06. The minimum absolute atomic E-state index is 0.466. The second-order valence-corrected chi connectivity index (χ2v) is 6.04. The number of rotatable bonds is 4. The van der Waals surface area contributed by atoms with Crippen LogP contribution in [0.4, 0.5) is 5.82 Å². The van der Waals surface area contributed by atoms with E-state index in [0.717, 1.165) is 22.4 Å². The van der Waals surface area contributed by atoms with Gasteiger partial charge in [-0.3, -0.25) is 0 Å². The van der Waals surface area contributed by atoms with E-state index in [2.05, 4.69) is 15.1 Å². The first-order valence-electron chi connectivity index (χ1n) is 8.43. The Labute approximate surface area is 156 Å². The maximum absolute atomic E-state index is 6.45. The molecule has 4 rings (SSSR count). The van der Waals surface area contributed by atoms with Crippen molar-refractivity contribution in [3.8, 4) is 34.0 Å². The molecule has 0 aliphatic rings. The fourth-order valence-electron chi connectivity index (χ4n) is 3.09. The Balaban J connectivity index is 1.89. The van der Waals surface area contributed by atoms with E-state index in [-0.39, 0.29) is 0 Å². The maximum Gasteiger partial charge on any atom is 0.254 e. The Hall–Kier alpha value is -3.61. The van der Waals surface area contributed by atoms with Gasteiger partial charge in [0.15, 0.2) is 17.3 Å². The molecule has 0 atom stereocenters. The number of nitrogens with two attached hydrogens (primary N) is 1. The van der Waals surface area contributed by atoms with Gasteiger partial charge >= 0.3 is 0 Å². The standard InChI is InChI=1S/C20H19N5O2/c1-12-17(14-9-10-15(26-2)16(11-14)27-3)18(21)25-20(22-12)23-19(24-25)13-7-5-4-6-8-13/h4-11H,21H2,1-3H3. The molecule has 0 radical (unpaired) electrons. The Bertz CT molecular complexity index is 1120. The van der Waals surface area contributed by atoms with Gasteiger partial charge in [-0.25, -0.2) is 4.98 Å². The molecule has 7 heteroatoms. The number of hydrogen-bond donors (Lipinski definition) is 1. The maximum atomic E-state index is 6.45. The van der Waals surface area contributed by atoms with Gasteiger partial charge in [-0.2, -0.15) is 9.50 Å². The highest BCUT2D eigenvalue weighted by Crippen LogP contribution is 2.36. The minimum Gasteiger partial charge on any atom is -0.493 e. The molecule has 0 spiro atoms. The summed E-state index contributed by atoms with van der Waals surface area (Å²) in [5.41, 5.74) is 9.78. The number of anilines is 1. The quantitative estimate of drug-likeness (QED) is 0.600. The van der Waals surface area contributed by atoms with Crippen molar-refractivity contribution in [2.45, 2.75) is 6.92 Å². The second-order valence-electron chi connectivity index (χ2n) is 6.04. The van der Waals surface area contributed by atoms with Crippen LogP contribution in [0.15, 0.2) is 48.5 Å². The molecule has 2 heterocycles. The lowest BCUT2D eigenvalue weighted by molar-refractivity contribution is 0.355. The molecule has 0 aliphatic heterocycles. The minimum atomic E-state index is 0.466. The van der Waals surface area contributed by atoms with Gasteiger partial charge in [0.25, 0.3) is 5.78 Å². The molecule has 7 nitrogen and oxygen atoms in total. The molecule has 0 fully saturated rings. The zero-order valence-electron chi connectivity index (χ0n) is 15.3. The summed E-state index contributed by atoms with van der Waals surface area (Å²) in [4.78, 5) is 9.11. The highest BCUT2D eigenvalue weighted by Gasteiger charge is 2.17. The summed E-state index contributed by atoms with van der Waals surface area (Å²) in [5, 5.41) is 4.55. The van der Waals surface area contributed by atoms with E-state index in [1.807, 2.05) is 55.5 Å². The lowest BCUT2D eigenvalue weighted by Gasteiger charge is -2.13. The SMILES string of the molecule is COc1ccc(-c2c(C)nc3nc(-c4ccccc4)nn3c2N)cc1OC. The average molecular weight is 361 g/mol. The summed E-state index contributed by atoms with van der Waals surface area (Å²) in [6, 6.07) is 15.4. The van der Waals surface area contributed by atoms with Crippen LogP contribution >= 0.6 is 0 Å². The van der Waals surface area contributed by atoms with Crippen molar-refractivity contribution in [3.05, 3.63) is 54.2 Å². The zero-order chi connectivity index (χ0) is 19.0. The van der Waals surface area contributed by atoms with Crippen LogP contribution in [0.3, 0.4) is 0 Å². The van der Waals surface area contributed by atoms with Crippen molar-refractivity contribution in [1.82, 2.24) is 19.6 Å². The number of nitrogen functional groups attached to an aromatic ring is 1. The summed E-state index contributed by atoms with van der Waals surface area (Å²) < 4.78 is 12.3. The van der Waals surface area contributed by atoms with E-state index in [4.69, 9.17) is 15.2 Å². The molecule has 27 heavy (non-hydrogen) atoms. The largest absolute Gasteiger partial charge is 0.493 e. The molecule has 136 valence electrons. The molecular weight excluding hydrogens is 342 g/mol. The summed E-state index contributed by atoms with van der Waals surface area (Å²) in [6.07, 6.45) is 0. The molecule has 4 aromatic rings. The first-order valence-corrected chi connectivity index (χ1v) is 8.43. The Morgan fingerprint density at radius 2 is 1.63 bits per heavy atom. The number of aromatic nitrogens is 4. The topological polar surface area (TPSA) is 87.6 Å². The van der Waals surface area contributed by atoms with Gasteiger partial charge in [0.05, 0.1) is 19.9 Å². The van der Waals surface area contributed by atoms with E-state index in [1.165, 1.54) is 0 Å². The number of fused-ring (bicyclic) bond motifs is 1. The van der Waals surface area contributed by atoms with Gasteiger partial charge in [0.2, 0.25) is 0 Å². The van der Waals surface area contributed by atoms with E-state index < -0.39 is 0 Å². The molecule has 2 aromatic carbocycles. The predicted molar refractivity (Wildman–Crippen MR) is 104 cm³/mol. The Morgan fingerprint density at radius 1 is 0.889 bits per heavy atom. The number of ether oxygens (including phenoxy) is 2. The van der Waals surface area contributed by atoms with Gasteiger partial charge in [-0.1, -0.05) is 36.4 Å². The van der Waals surface area contributed by atoms with Crippen molar-refractivity contribution in [2.24, 2.45) is 0 Å². The second kappa shape index (κ2) is 6.60. The van der Waals surface area contributed by atoms with Crippen LogP contribution in [0.25, 0.3) is 28.3 Å². The molecule has 0 bridgehead atoms. The molecule has 0 unspecified atom stereocenters. The fourth-order valence-corrected chi connectivity index (χ4v) is 3.09. The van der Waals surface area contributed by atoms with Gasteiger partial charge in [0, 0.05) is 11.1 Å². The van der Waals surface area contributed by atoms with Gasteiger partial charge in [-0.15, -0.1) is 5.10 Å². The summed E-state index contributed by atoms with van der Waals surface area (Å²) >= 11 is 0. The third-order valence-corrected chi connectivity index (χ3v) is 4.41. The van der Waals surface area contributed by atoms with E-state index in [0.29, 0.717) is 28.9 Å². The fraction of sp³-hybridized carbons (Fsp3) is 0.150. The monoisotopic (exact) mass is 361 g/mol. The van der Waals surface area contributed by atoms with Crippen molar-refractivity contribution in [3.63, 3.8) is 0 Å². The molecule has 2 N–H and O–H groups in total. The Kier molecular flexibility index (Phi) is 4.12. The normalized spacial score (nSPS) is 10.9. The summed E-state index contributed by atoms with van der Waals surface area (Å²) in [7, 11) is 3.20. The van der Waals surface area contributed by atoms with Crippen LogP contribution in [-0.4, -0.2) is 33.8 Å². The van der Waals surface area contributed by atoms with Gasteiger partial charge in [0.1, 0.15) is 5.82 Å². The third kappa shape index (κ3) is 2.83. The van der Waals surface area contributed by atoms with Crippen molar-refractivity contribution in [2.75, 3.05) is 20.0 Å². The summed E-state index contributed by atoms with van der Waals surface area (Å²) in [6.45, 7) is 1.90. The molecular formula is C20H19N5O2. The van der Waals surface area contributed by atoms with Gasteiger partial charge < -0.3 is 15.2 Å². The van der Waals surface area contributed by atoms with Crippen LogP contribution in [0, 0.1) is 6.92 Å². The zero-order valence-corrected chi connectivity index (χ0v) is 15.3. The first kappa shape index (κ1) is 16.8. The first-order chi connectivity index (χ1) is 13.1. The average Bonchev–Trinajstić information content (AvgIpc) is 3.13. The number of nitrogens with zero attached hydrogens (tertiary/aromatic N) is 4. The van der Waals surface area contributed by atoms with Crippen LogP contribution in [0.1, 0.15) is 5.69 Å². The van der Waals surface area contributed by atoms with Crippen LogP contribution in [0.5, 0.6) is 11.5 Å². The highest BCUT2D eigenvalue weighted by molar-refractivity contribution is 5.79. The number of benzene rings is 2. The van der Waals surface area contributed by atoms with E-state index in [1.54, 1.807) is 18.7 Å². The smallest absolute Gasteiger partial charge is 0.254 e. The van der Waals surface area contributed by atoms with Crippen molar-refractivity contribution >= 4 is 11.6 Å². The van der Waals surface area contributed by atoms with Crippen LogP contribution in [0.2, 0.25) is 0 Å². The third-order valence-electron chi connectivity index (χ3n) is 4.41. The predicted octanol–water partition coefficient (Wildman–Crippen LogP) is 3.37. The molecule has 0 amide bonds. The molecule has 0 saturated carbocycles. The van der Waals surface area contributed by atoms with Crippen LogP contribution < -0.4 is 15.2 Å². The number of aryl methyl sites for hydroxylation is 1. The lowest BCUT2D eigenvalue weighted by atomic mass is 10.0. The molecule has 2 aromatic heterocycles. The van der Waals surface area contributed by atoms with Crippen molar-refractivity contribution < 1.29 is 9.47 Å². The Morgan fingerprint density at radius 3 is 2.33 bits per heavy atom. The summed E-state index contributed by atoms with van der Waals surface area (Å²) in [5.74, 6) is 2.79. The van der Waals surface area contributed by atoms with Gasteiger partial charge in [-0.05, 0) is 24.6 Å². The number of hydrogen-bond acceptors (Lipinski definition) is 6. The number of methoxy groups -OCH3 is 2. The van der Waals surface area contributed by atoms with E-state index >= 15 is 0 Å². The van der Waals surface area contributed by atoms with Crippen LogP contribution in [-0.2, 0) is 0 Å². The van der Waals surface area contributed by atoms with Crippen molar-refractivity contribution in [1.29, 1.82) is 0 Å². The highest BCUT2D eigenvalue weighted by atomic mass is 16.5.